The Kier molecular flexibility index (Phi) is 6.20. The molecule has 3 aromatic rings. The maximum absolute atomic E-state index is 13.6. The van der Waals surface area contributed by atoms with Gasteiger partial charge in [0.2, 0.25) is 16.4 Å². The van der Waals surface area contributed by atoms with Crippen LogP contribution in [0.15, 0.2) is 41.3 Å². The molecular weight excluding hydrogens is 481 g/mol. The van der Waals surface area contributed by atoms with E-state index in [1.54, 1.807) is 0 Å². The average molecular weight is 500 g/mol. The zero-order valence-electron chi connectivity index (χ0n) is 17.7. The van der Waals surface area contributed by atoms with Gasteiger partial charge in [-0.15, -0.1) is 15.3 Å². The van der Waals surface area contributed by atoms with Gasteiger partial charge >= 0.3 is 12.2 Å². The van der Waals surface area contributed by atoms with Gasteiger partial charge in [0.25, 0.3) is 5.89 Å². The van der Waals surface area contributed by atoms with E-state index < -0.39 is 33.9 Å². The van der Waals surface area contributed by atoms with Crippen molar-refractivity contribution in [3.63, 3.8) is 0 Å². The first kappa shape index (κ1) is 23.5. The minimum Gasteiger partial charge on any atom is -0.489 e. The van der Waals surface area contributed by atoms with Crippen LogP contribution in [0.2, 0.25) is 0 Å². The van der Waals surface area contributed by atoms with Crippen LogP contribution in [0.5, 0.6) is 5.75 Å². The second kappa shape index (κ2) is 8.96. The van der Waals surface area contributed by atoms with Gasteiger partial charge in [0.15, 0.2) is 5.82 Å². The Balaban J connectivity index is 1.45. The third kappa shape index (κ3) is 5.30. The lowest BCUT2D eigenvalue weighted by atomic mass is 10.0. The number of carbonyl (C=O) groups excluding carboxylic acids is 1. The van der Waals surface area contributed by atoms with E-state index in [4.69, 9.17) is 9.15 Å². The maximum atomic E-state index is 13.6. The number of rotatable bonds is 5. The summed E-state index contributed by atoms with van der Waals surface area (Å²) < 4.78 is 77.3. The molecule has 0 saturated carbocycles. The van der Waals surface area contributed by atoms with E-state index in [-0.39, 0.29) is 36.1 Å². The van der Waals surface area contributed by atoms with Gasteiger partial charge in [-0.3, -0.25) is 4.72 Å². The molecule has 2 aromatic heterocycles. The summed E-state index contributed by atoms with van der Waals surface area (Å²) in [5.74, 6) is -0.354. The topological polar surface area (TPSA) is 132 Å². The smallest absolute Gasteiger partial charge is 0.417 e. The highest BCUT2D eigenvalue weighted by Crippen LogP contribution is 2.42. The molecule has 0 bridgehead atoms. The Morgan fingerprint density at radius 3 is 2.59 bits per heavy atom. The van der Waals surface area contributed by atoms with Crippen molar-refractivity contribution in [2.45, 2.75) is 25.1 Å². The summed E-state index contributed by atoms with van der Waals surface area (Å²) in [4.78, 5) is 14.2. The van der Waals surface area contributed by atoms with Gasteiger partial charge in [0.05, 0.1) is 17.4 Å². The van der Waals surface area contributed by atoms with Crippen molar-refractivity contribution in [2.75, 3.05) is 24.1 Å². The molecule has 11 nitrogen and oxygen atoms in total. The van der Waals surface area contributed by atoms with Crippen molar-refractivity contribution in [1.29, 1.82) is 0 Å². The molecule has 182 valence electrons. The normalized spacial score (nSPS) is 15.4. The number of anilines is 1. The van der Waals surface area contributed by atoms with Crippen molar-refractivity contribution < 1.29 is 35.5 Å². The van der Waals surface area contributed by atoms with Crippen LogP contribution in [0.3, 0.4) is 0 Å². The van der Waals surface area contributed by atoms with E-state index in [0.29, 0.717) is 12.8 Å². The van der Waals surface area contributed by atoms with E-state index >= 15 is 0 Å². The second-order valence-corrected chi connectivity index (χ2v) is 9.28. The molecule has 3 heterocycles. The first-order valence-corrected chi connectivity index (χ1v) is 11.9. The minimum absolute atomic E-state index is 0.00664. The standard InChI is InChI=1S/C19H19F3N6O5S/c1-34(30,31)26-15-7-10-28(25-15)18(29)27-8-5-12(6-9-27)33-14-4-2-3-13(19(20,21)22)16(14)17-24-23-11-32-17/h2-4,7,10-12H,5-6,8-9H2,1H3,(H,25,26). The number of nitrogens with one attached hydrogen (secondary N) is 1. The monoisotopic (exact) mass is 500 g/mol. The number of likely N-dealkylation sites (tertiary alicyclic amines) is 1. The molecule has 15 heteroatoms. The first-order chi connectivity index (χ1) is 16.0. The van der Waals surface area contributed by atoms with Crippen molar-refractivity contribution in [2.24, 2.45) is 0 Å². The number of piperidine rings is 1. The third-order valence-electron chi connectivity index (χ3n) is 4.99. The van der Waals surface area contributed by atoms with Gasteiger partial charge < -0.3 is 14.1 Å². The van der Waals surface area contributed by atoms with Gasteiger partial charge in [-0.1, -0.05) is 6.07 Å². The number of ether oxygens (including phenoxy) is 1. The van der Waals surface area contributed by atoms with E-state index in [0.717, 1.165) is 23.4 Å². The number of hydrogen-bond donors (Lipinski definition) is 1. The van der Waals surface area contributed by atoms with Crippen LogP contribution in [0.1, 0.15) is 18.4 Å². The number of benzene rings is 1. The average Bonchev–Trinajstić information content (AvgIpc) is 3.44. The predicted molar refractivity (Wildman–Crippen MR) is 111 cm³/mol. The van der Waals surface area contributed by atoms with Crippen LogP contribution in [-0.2, 0) is 16.2 Å². The van der Waals surface area contributed by atoms with Gasteiger partial charge in [0, 0.05) is 38.2 Å². The van der Waals surface area contributed by atoms with E-state index in [2.05, 4.69) is 20.0 Å². The summed E-state index contributed by atoms with van der Waals surface area (Å²) in [7, 11) is -3.54. The predicted octanol–water partition coefficient (Wildman–Crippen LogP) is 2.83. The van der Waals surface area contributed by atoms with Gasteiger partial charge in [-0.05, 0) is 12.1 Å². The number of carbonyl (C=O) groups is 1. The third-order valence-corrected chi connectivity index (χ3v) is 5.57. The Labute approximate surface area is 191 Å². The molecule has 0 spiro atoms. The molecule has 34 heavy (non-hydrogen) atoms. The Morgan fingerprint density at radius 2 is 1.97 bits per heavy atom. The molecule has 1 saturated heterocycles. The number of halogens is 3. The van der Waals surface area contributed by atoms with Crippen LogP contribution in [0.25, 0.3) is 11.5 Å². The second-order valence-electron chi connectivity index (χ2n) is 7.53. The molecular formula is C19H19F3N6O5S. The molecule has 0 radical (unpaired) electrons. The number of nitrogens with zero attached hydrogens (tertiary/aromatic N) is 5. The molecule has 0 atom stereocenters. The van der Waals surface area contributed by atoms with E-state index in [1.807, 2.05) is 0 Å². The quantitative estimate of drug-likeness (QED) is 0.566. The van der Waals surface area contributed by atoms with Crippen LogP contribution >= 0.6 is 0 Å². The first-order valence-electron chi connectivity index (χ1n) is 9.97. The SMILES string of the molecule is CS(=O)(=O)Nc1ccn(C(=O)N2CCC(Oc3cccc(C(F)(F)F)c3-c3nnco3)CC2)n1. The van der Waals surface area contributed by atoms with Crippen LogP contribution in [-0.4, -0.2) is 64.8 Å². The number of alkyl halides is 3. The lowest BCUT2D eigenvalue weighted by Gasteiger charge is -2.32. The van der Waals surface area contributed by atoms with Crippen molar-refractivity contribution >= 4 is 21.9 Å². The summed E-state index contributed by atoms with van der Waals surface area (Å²) >= 11 is 0. The van der Waals surface area contributed by atoms with Crippen molar-refractivity contribution in [3.8, 4) is 17.2 Å². The fourth-order valence-corrected chi connectivity index (χ4v) is 4.02. The Morgan fingerprint density at radius 1 is 1.24 bits per heavy atom. The van der Waals surface area contributed by atoms with E-state index in [9.17, 15) is 26.4 Å². The molecule has 1 N–H and O–H groups in total. The fraction of sp³-hybridized carbons (Fsp3) is 0.368. The molecule has 4 rings (SSSR count). The Bertz CT molecular complexity index is 1270. The molecule has 0 unspecified atom stereocenters. The largest absolute Gasteiger partial charge is 0.489 e. The van der Waals surface area contributed by atoms with Crippen molar-refractivity contribution in [3.05, 3.63) is 42.4 Å². The highest BCUT2D eigenvalue weighted by Gasteiger charge is 2.37. The minimum atomic E-state index is -4.66. The zero-order chi connectivity index (χ0) is 24.5. The maximum Gasteiger partial charge on any atom is 0.417 e. The summed E-state index contributed by atoms with van der Waals surface area (Å²) in [5.41, 5.74) is -1.30. The van der Waals surface area contributed by atoms with Crippen LogP contribution in [0, 0.1) is 0 Å². The molecule has 1 aliphatic rings. The number of amides is 1. The van der Waals surface area contributed by atoms with E-state index in [1.165, 1.54) is 29.3 Å². The molecule has 1 aliphatic heterocycles. The summed E-state index contributed by atoms with van der Waals surface area (Å²) in [6.07, 6.45) is -1.20. The van der Waals surface area contributed by atoms with Gasteiger partial charge in [-0.25, -0.2) is 13.2 Å². The molecule has 1 fully saturated rings. The molecule has 0 aliphatic carbocycles. The highest BCUT2D eigenvalue weighted by molar-refractivity contribution is 7.92. The fourth-order valence-electron chi connectivity index (χ4n) is 3.53. The van der Waals surface area contributed by atoms with Crippen LogP contribution in [0.4, 0.5) is 23.8 Å². The number of sulfonamides is 1. The van der Waals surface area contributed by atoms with Gasteiger partial charge in [0.1, 0.15) is 11.9 Å². The van der Waals surface area contributed by atoms with Crippen molar-refractivity contribution in [1.82, 2.24) is 24.9 Å². The molecule has 1 aromatic carbocycles. The lowest BCUT2D eigenvalue weighted by Crippen LogP contribution is -2.43. The Hall–Kier alpha value is -3.62. The highest BCUT2D eigenvalue weighted by atomic mass is 32.2. The summed E-state index contributed by atoms with van der Waals surface area (Å²) in [6, 6.07) is 4.42. The van der Waals surface area contributed by atoms with Gasteiger partial charge in [-0.2, -0.15) is 17.9 Å². The molecule has 1 amide bonds. The van der Waals surface area contributed by atoms with Crippen LogP contribution < -0.4 is 9.46 Å². The number of aromatic nitrogens is 4. The lowest BCUT2D eigenvalue weighted by molar-refractivity contribution is -0.137. The zero-order valence-corrected chi connectivity index (χ0v) is 18.5. The summed E-state index contributed by atoms with van der Waals surface area (Å²) in [5, 5.41) is 11.0. The number of hydrogen-bond acceptors (Lipinski definition) is 8. The summed E-state index contributed by atoms with van der Waals surface area (Å²) in [6.45, 7) is 0.514.